The van der Waals surface area contributed by atoms with Crippen LogP contribution in [0.4, 0.5) is 0 Å². The number of hydrogen-bond acceptors (Lipinski definition) is 2. The zero-order chi connectivity index (χ0) is 18.1. The highest BCUT2D eigenvalue weighted by Gasteiger charge is 2.21. The molecule has 3 aromatic rings. The molecular weight excluding hydrogens is 308 g/mol. The van der Waals surface area contributed by atoms with Gasteiger partial charge in [-0.05, 0) is 73.6 Å². The van der Waals surface area contributed by atoms with Gasteiger partial charge in [0, 0.05) is 11.1 Å². The topological polar surface area (TPSA) is 40.5 Å². The van der Waals surface area contributed by atoms with Crippen LogP contribution in [0, 0.1) is 27.7 Å². The minimum absolute atomic E-state index is 0.203. The van der Waals surface area contributed by atoms with Gasteiger partial charge in [-0.15, -0.1) is 0 Å². The molecule has 2 nitrogen and oxygen atoms in total. The third kappa shape index (κ3) is 3.00. The molecule has 0 spiro atoms. The third-order valence-corrected chi connectivity index (χ3v) is 5.27. The average molecular weight is 332 g/mol. The molecule has 0 saturated carbocycles. The second kappa shape index (κ2) is 6.64. The van der Waals surface area contributed by atoms with Gasteiger partial charge in [0.1, 0.15) is 11.5 Å². The molecule has 0 aliphatic rings. The first-order valence-corrected chi connectivity index (χ1v) is 8.56. The quantitative estimate of drug-likeness (QED) is 0.656. The highest BCUT2D eigenvalue weighted by Crippen LogP contribution is 2.44. The molecule has 0 radical (unpaired) electrons. The van der Waals surface area contributed by atoms with Crippen LogP contribution in [0.1, 0.15) is 33.4 Å². The van der Waals surface area contributed by atoms with Crippen molar-refractivity contribution in [2.75, 3.05) is 0 Å². The molecule has 3 aromatic carbocycles. The highest BCUT2D eigenvalue weighted by molar-refractivity contribution is 5.83. The van der Waals surface area contributed by atoms with Crippen molar-refractivity contribution in [1.82, 2.24) is 0 Å². The number of benzene rings is 3. The predicted octanol–water partition coefficient (Wildman–Crippen LogP) is 5.59. The maximum atomic E-state index is 10.8. The van der Waals surface area contributed by atoms with Crippen LogP contribution in [0.15, 0.2) is 48.5 Å². The van der Waals surface area contributed by atoms with Crippen molar-refractivity contribution in [3.05, 3.63) is 81.9 Å². The van der Waals surface area contributed by atoms with Crippen LogP contribution < -0.4 is 0 Å². The largest absolute Gasteiger partial charge is 0.507 e. The summed E-state index contributed by atoms with van der Waals surface area (Å²) in [6.07, 6.45) is 0.704. The molecule has 0 aliphatic heterocycles. The van der Waals surface area contributed by atoms with Crippen molar-refractivity contribution < 1.29 is 10.2 Å². The molecule has 128 valence electrons. The Balaban J connectivity index is 2.26. The Hall–Kier alpha value is -2.74. The Bertz CT molecular complexity index is 896. The minimum atomic E-state index is 0.203. The fourth-order valence-electron chi connectivity index (χ4n) is 3.44. The lowest BCUT2D eigenvalue weighted by atomic mass is 9.86. The van der Waals surface area contributed by atoms with E-state index >= 15 is 0 Å². The van der Waals surface area contributed by atoms with E-state index in [0.717, 1.165) is 38.9 Å². The standard InChI is InChI=1S/C23H24O2/c1-14-15(2)17(4)23(25)21(16(14)3)22-19(11-8-12-20(22)24)13-18-9-6-5-7-10-18/h5-12,24-25H,13H2,1-4H3. The first-order valence-electron chi connectivity index (χ1n) is 8.56. The van der Waals surface area contributed by atoms with Gasteiger partial charge in [0.15, 0.2) is 0 Å². The molecule has 0 unspecified atom stereocenters. The predicted molar refractivity (Wildman–Crippen MR) is 103 cm³/mol. The van der Waals surface area contributed by atoms with E-state index in [-0.39, 0.29) is 11.5 Å². The molecular formula is C23H24O2. The van der Waals surface area contributed by atoms with Crippen molar-refractivity contribution in [1.29, 1.82) is 0 Å². The maximum Gasteiger partial charge on any atom is 0.127 e. The highest BCUT2D eigenvalue weighted by atomic mass is 16.3. The summed E-state index contributed by atoms with van der Waals surface area (Å²) in [5.41, 5.74) is 7.78. The fraction of sp³-hybridized carbons (Fsp3) is 0.217. The molecule has 3 rings (SSSR count). The summed E-state index contributed by atoms with van der Waals surface area (Å²) in [6.45, 7) is 8.03. The second-order valence-electron chi connectivity index (χ2n) is 6.70. The molecule has 2 N–H and O–H groups in total. The smallest absolute Gasteiger partial charge is 0.127 e. The zero-order valence-corrected chi connectivity index (χ0v) is 15.2. The third-order valence-electron chi connectivity index (χ3n) is 5.27. The Morgan fingerprint density at radius 3 is 1.96 bits per heavy atom. The normalized spacial score (nSPS) is 10.9. The minimum Gasteiger partial charge on any atom is -0.507 e. The number of phenols is 2. The van der Waals surface area contributed by atoms with E-state index in [4.69, 9.17) is 0 Å². The van der Waals surface area contributed by atoms with E-state index in [1.807, 2.05) is 51.1 Å². The van der Waals surface area contributed by atoms with Crippen LogP contribution in [0.3, 0.4) is 0 Å². The summed E-state index contributed by atoms with van der Waals surface area (Å²) < 4.78 is 0. The van der Waals surface area contributed by atoms with Crippen molar-refractivity contribution in [2.45, 2.75) is 34.1 Å². The van der Waals surface area contributed by atoms with Crippen molar-refractivity contribution in [2.24, 2.45) is 0 Å². The summed E-state index contributed by atoms with van der Waals surface area (Å²) >= 11 is 0. The Morgan fingerprint density at radius 1 is 0.640 bits per heavy atom. The van der Waals surface area contributed by atoms with Crippen LogP contribution in [-0.4, -0.2) is 10.2 Å². The second-order valence-corrected chi connectivity index (χ2v) is 6.70. The number of phenolic OH excluding ortho intramolecular Hbond substituents is 2. The van der Waals surface area contributed by atoms with E-state index in [2.05, 4.69) is 19.1 Å². The van der Waals surface area contributed by atoms with E-state index in [0.29, 0.717) is 6.42 Å². The number of rotatable bonds is 3. The van der Waals surface area contributed by atoms with Gasteiger partial charge in [0.25, 0.3) is 0 Å². The van der Waals surface area contributed by atoms with Crippen LogP contribution in [-0.2, 0) is 6.42 Å². The van der Waals surface area contributed by atoms with Gasteiger partial charge in [-0.25, -0.2) is 0 Å². The zero-order valence-electron chi connectivity index (χ0n) is 15.2. The molecule has 25 heavy (non-hydrogen) atoms. The van der Waals surface area contributed by atoms with Gasteiger partial charge in [-0.1, -0.05) is 42.5 Å². The van der Waals surface area contributed by atoms with Gasteiger partial charge in [0.2, 0.25) is 0 Å². The van der Waals surface area contributed by atoms with E-state index in [1.165, 1.54) is 5.56 Å². The maximum absolute atomic E-state index is 10.8. The first-order chi connectivity index (χ1) is 11.9. The molecule has 0 aliphatic carbocycles. The summed E-state index contributed by atoms with van der Waals surface area (Å²) in [6, 6.07) is 15.7. The van der Waals surface area contributed by atoms with E-state index < -0.39 is 0 Å². The van der Waals surface area contributed by atoms with Crippen LogP contribution in [0.25, 0.3) is 11.1 Å². The van der Waals surface area contributed by atoms with Gasteiger partial charge >= 0.3 is 0 Å². The van der Waals surface area contributed by atoms with Crippen LogP contribution in [0.2, 0.25) is 0 Å². The van der Waals surface area contributed by atoms with Gasteiger partial charge in [0.05, 0.1) is 0 Å². The lowest BCUT2D eigenvalue weighted by molar-refractivity contribution is 0.465. The molecule has 0 fully saturated rings. The molecule has 0 saturated heterocycles. The summed E-state index contributed by atoms with van der Waals surface area (Å²) in [7, 11) is 0. The Kier molecular flexibility index (Phi) is 4.54. The Labute approximate surface area is 149 Å². The van der Waals surface area contributed by atoms with Gasteiger partial charge < -0.3 is 10.2 Å². The number of hydrogen-bond donors (Lipinski definition) is 2. The lowest BCUT2D eigenvalue weighted by Gasteiger charge is -2.20. The van der Waals surface area contributed by atoms with Crippen molar-refractivity contribution >= 4 is 0 Å². The van der Waals surface area contributed by atoms with Crippen LogP contribution >= 0.6 is 0 Å². The molecule has 2 heteroatoms. The Morgan fingerprint density at radius 2 is 1.28 bits per heavy atom. The lowest BCUT2D eigenvalue weighted by Crippen LogP contribution is -2.00. The fourth-order valence-corrected chi connectivity index (χ4v) is 3.44. The van der Waals surface area contributed by atoms with Gasteiger partial charge in [-0.3, -0.25) is 0 Å². The first kappa shape index (κ1) is 17.1. The van der Waals surface area contributed by atoms with Crippen molar-refractivity contribution in [3.63, 3.8) is 0 Å². The summed E-state index contributed by atoms with van der Waals surface area (Å²) in [4.78, 5) is 0. The summed E-state index contributed by atoms with van der Waals surface area (Å²) in [5, 5.41) is 21.5. The van der Waals surface area contributed by atoms with Crippen LogP contribution in [0.5, 0.6) is 11.5 Å². The van der Waals surface area contributed by atoms with Gasteiger partial charge in [-0.2, -0.15) is 0 Å². The van der Waals surface area contributed by atoms with E-state index in [1.54, 1.807) is 6.07 Å². The molecule has 0 amide bonds. The molecule has 0 heterocycles. The molecule has 0 atom stereocenters. The van der Waals surface area contributed by atoms with Crippen molar-refractivity contribution in [3.8, 4) is 22.6 Å². The monoisotopic (exact) mass is 332 g/mol. The van der Waals surface area contributed by atoms with E-state index in [9.17, 15) is 10.2 Å². The average Bonchev–Trinajstić information content (AvgIpc) is 2.61. The molecule has 0 bridgehead atoms. The SMILES string of the molecule is Cc1c(C)c(C)c(-c2c(O)cccc2Cc2ccccc2)c(O)c1C. The number of aromatic hydroxyl groups is 2. The molecule has 0 aromatic heterocycles. The summed E-state index contributed by atoms with van der Waals surface area (Å²) in [5.74, 6) is 0.464.